The summed E-state index contributed by atoms with van der Waals surface area (Å²) in [5.41, 5.74) is 1.34. The van der Waals surface area contributed by atoms with Crippen molar-refractivity contribution in [2.24, 2.45) is 0 Å². The van der Waals surface area contributed by atoms with E-state index in [4.69, 9.17) is 9.52 Å². The van der Waals surface area contributed by atoms with Crippen molar-refractivity contribution >= 4 is 28.8 Å². The molecule has 0 unspecified atom stereocenters. The number of rotatable bonds is 4. The van der Waals surface area contributed by atoms with E-state index >= 15 is 0 Å². The number of fused-ring (bicyclic) bond motifs is 1. The summed E-state index contributed by atoms with van der Waals surface area (Å²) >= 11 is 0. The second-order valence-corrected chi connectivity index (χ2v) is 5.44. The van der Waals surface area contributed by atoms with Gasteiger partial charge >= 0.3 is 12.2 Å². The molecule has 24 heavy (non-hydrogen) atoms. The molecule has 0 aliphatic carbocycles. The standard InChI is InChI=1S/C14H17F3N4O3/c1-20(2)13-19-9-5-4-8(6-10(9)24-13)18-12(23)21(3)7-11(22)14(15,16)17/h4-6,11,22H,7H2,1-3H3,(H,18,23)/t11-/m0/s1. The molecular formula is C14H17F3N4O3. The Balaban J connectivity index is 2.07. The van der Waals surface area contributed by atoms with Gasteiger partial charge in [-0.15, -0.1) is 0 Å². The van der Waals surface area contributed by atoms with E-state index in [0.717, 1.165) is 11.9 Å². The minimum atomic E-state index is -4.78. The first-order valence-electron chi connectivity index (χ1n) is 6.92. The summed E-state index contributed by atoms with van der Waals surface area (Å²) in [6.45, 7) is -0.870. The maximum atomic E-state index is 12.3. The number of nitrogens with zero attached hydrogens (tertiary/aromatic N) is 3. The molecule has 1 atom stereocenters. The van der Waals surface area contributed by atoms with Crippen LogP contribution in [0.15, 0.2) is 22.6 Å². The van der Waals surface area contributed by atoms with E-state index in [2.05, 4.69) is 10.3 Å². The van der Waals surface area contributed by atoms with E-state index in [0.29, 0.717) is 22.8 Å². The van der Waals surface area contributed by atoms with Crippen molar-refractivity contribution in [3.63, 3.8) is 0 Å². The molecule has 0 aliphatic rings. The van der Waals surface area contributed by atoms with Gasteiger partial charge in [0.25, 0.3) is 6.01 Å². The van der Waals surface area contributed by atoms with E-state index < -0.39 is 24.9 Å². The molecule has 7 nitrogen and oxygen atoms in total. The van der Waals surface area contributed by atoms with Crippen molar-refractivity contribution in [2.45, 2.75) is 12.3 Å². The van der Waals surface area contributed by atoms with Gasteiger partial charge in [0.2, 0.25) is 0 Å². The molecule has 0 spiro atoms. The molecule has 1 aromatic heterocycles. The number of oxazole rings is 1. The number of aliphatic hydroxyl groups excluding tert-OH is 1. The van der Waals surface area contributed by atoms with Gasteiger partial charge in [0.05, 0.1) is 6.54 Å². The molecule has 0 saturated carbocycles. The molecule has 0 aliphatic heterocycles. The van der Waals surface area contributed by atoms with Crippen molar-refractivity contribution in [1.82, 2.24) is 9.88 Å². The number of hydrogen-bond donors (Lipinski definition) is 2. The Kier molecular flexibility index (Phi) is 4.88. The Hall–Kier alpha value is -2.49. The van der Waals surface area contributed by atoms with Crippen LogP contribution in [0.3, 0.4) is 0 Å². The molecule has 2 amide bonds. The zero-order chi connectivity index (χ0) is 18.1. The maximum Gasteiger partial charge on any atom is 0.416 e. The van der Waals surface area contributed by atoms with Crippen LogP contribution < -0.4 is 10.2 Å². The first kappa shape index (κ1) is 17.9. The first-order chi connectivity index (χ1) is 11.1. The number of aromatic nitrogens is 1. The predicted molar refractivity (Wildman–Crippen MR) is 82.0 cm³/mol. The Labute approximate surface area is 135 Å². The van der Waals surface area contributed by atoms with E-state index in [9.17, 15) is 18.0 Å². The number of anilines is 2. The van der Waals surface area contributed by atoms with E-state index in [-0.39, 0.29) is 0 Å². The highest BCUT2D eigenvalue weighted by atomic mass is 19.4. The lowest BCUT2D eigenvalue weighted by Gasteiger charge is -2.22. The van der Waals surface area contributed by atoms with Gasteiger partial charge < -0.3 is 24.6 Å². The summed E-state index contributed by atoms with van der Waals surface area (Å²) < 4.78 is 42.4. The second-order valence-electron chi connectivity index (χ2n) is 5.44. The second kappa shape index (κ2) is 6.56. The Morgan fingerprint density at radius 2 is 2.04 bits per heavy atom. The van der Waals surface area contributed by atoms with Crippen LogP contribution in [0.25, 0.3) is 11.1 Å². The molecule has 0 radical (unpaired) electrons. The number of halogens is 3. The van der Waals surface area contributed by atoms with Gasteiger partial charge in [-0.25, -0.2) is 4.79 Å². The van der Waals surface area contributed by atoms with Gasteiger partial charge in [0.15, 0.2) is 11.7 Å². The highest BCUT2D eigenvalue weighted by Gasteiger charge is 2.39. The number of benzene rings is 1. The van der Waals surface area contributed by atoms with Crippen LogP contribution in [0.5, 0.6) is 0 Å². The monoisotopic (exact) mass is 346 g/mol. The molecule has 2 rings (SSSR count). The van der Waals surface area contributed by atoms with Gasteiger partial charge in [0, 0.05) is 32.9 Å². The molecular weight excluding hydrogens is 329 g/mol. The van der Waals surface area contributed by atoms with Crippen molar-refractivity contribution < 1.29 is 27.5 Å². The average Bonchev–Trinajstić information content (AvgIpc) is 2.89. The van der Waals surface area contributed by atoms with E-state index in [1.54, 1.807) is 31.1 Å². The lowest BCUT2D eigenvalue weighted by atomic mass is 10.3. The van der Waals surface area contributed by atoms with Crippen molar-refractivity contribution in [2.75, 3.05) is 37.9 Å². The number of amides is 2. The normalized spacial score (nSPS) is 13.0. The average molecular weight is 346 g/mol. The summed E-state index contributed by atoms with van der Waals surface area (Å²) in [6.07, 6.45) is -7.39. The number of alkyl halides is 3. The molecule has 2 N–H and O–H groups in total. The molecule has 1 aromatic carbocycles. The number of likely N-dealkylation sites (N-methyl/N-ethyl adjacent to an activating group) is 1. The van der Waals surface area contributed by atoms with Crippen LogP contribution >= 0.6 is 0 Å². The Morgan fingerprint density at radius 1 is 1.38 bits per heavy atom. The van der Waals surface area contributed by atoms with Crippen LogP contribution in [-0.4, -0.2) is 61.0 Å². The van der Waals surface area contributed by atoms with Crippen molar-refractivity contribution in [3.8, 4) is 0 Å². The number of aliphatic hydroxyl groups is 1. The summed E-state index contributed by atoms with van der Waals surface area (Å²) in [5.74, 6) is 0. The minimum Gasteiger partial charge on any atom is -0.423 e. The van der Waals surface area contributed by atoms with Gasteiger partial charge in [-0.3, -0.25) is 0 Å². The minimum absolute atomic E-state index is 0.335. The third kappa shape index (κ3) is 4.07. The largest absolute Gasteiger partial charge is 0.423 e. The lowest BCUT2D eigenvalue weighted by Crippen LogP contribution is -2.43. The topological polar surface area (TPSA) is 81.8 Å². The Bertz CT molecular complexity index is 730. The highest BCUT2D eigenvalue weighted by molar-refractivity contribution is 5.91. The smallest absolute Gasteiger partial charge is 0.416 e. The fourth-order valence-electron chi connectivity index (χ4n) is 1.85. The molecule has 1 heterocycles. The fourth-order valence-corrected chi connectivity index (χ4v) is 1.85. The molecule has 0 bridgehead atoms. The third-order valence-corrected chi connectivity index (χ3v) is 3.18. The Morgan fingerprint density at radius 3 is 2.62 bits per heavy atom. The van der Waals surface area contributed by atoms with Crippen LogP contribution in [0.1, 0.15) is 0 Å². The maximum absolute atomic E-state index is 12.3. The quantitative estimate of drug-likeness (QED) is 0.888. The zero-order valence-electron chi connectivity index (χ0n) is 13.3. The molecule has 10 heteroatoms. The SMILES string of the molecule is CN(C[C@H](O)C(F)(F)F)C(=O)Nc1ccc2nc(N(C)C)oc2c1. The molecule has 2 aromatic rings. The number of nitrogens with one attached hydrogen (secondary N) is 1. The van der Waals surface area contributed by atoms with Gasteiger partial charge in [-0.05, 0) is 12.1 Å². The van der Waals surface area contributed by atoms with Crippen LogP contribution in [0.4, 0.5) is 29.7 Å². The number of carbonyl (C=O) groups excluding carboxylic acids is 1. The number of hydrogen-bond acceptors (Lipinski definition) is 5. The summed E-state index contributed by atoms with van der Waals surface area (Å²) in [6, 6.07) is 4.28. The van der Waals surface area contributed by atoms with Crippen LogP contribution in [0.2, 0.25) is 0 Å². The number of carbonyl (C=O) groups is 1. The van der Waals surface area contributed by atoms with Crippen molar-refractivity contribution in [1.29, 1.82) is 0 Å². The molecule has 0 saturated heterocycles. The highest BCUT2D eigenvalue weighted by Crippen LogP contribution is 2.24. The summed E-state index contributed by atoms with van der Waals surface area (Å²) in [4.78, 5) is 18.5. The number of urea groups is 1. The first-order valence-corrected chi connectivity index (χ1v) is 6.92. The summed E-state index contributed by atoms with van der Waals surface area (Å²) in [7, 11) is 4.67. The van der Waals surface area contributed by atoms with Gasteiger partial charge in [-0.2, -0.15) is 18.2 Å². The van der Waals surface area contributed by atoms with Crippen LogP contribution in [0, 0.1) is 0 Å². The van der Waals surface area contributed by atoms with Crippen molar-refractivity contribution in [3.05, 3.63) is 18.2 Å². The molecule has 0 fully saturated rings. The summed E-state index contributed by atoms with van der Waals surface area (Å²) in [5, 5.41) is 11.4. The predicted octanol–water partition coefficient (Wildman–Crippen LogP) is 2.28. The van der Waals surface area contributed by atoms with Gasteiger partial charge in [-0.1, -0.05) is 0 Å². The van der Waals surface area contributed by atoms with E-state index in [1.165, 1.54) is 6.07 Å². The van der Waals surface area contributed by atoms with Crippen LogP contribution in [-0.2, 0) is 0 Å². The van der Waals surface area contributed by atoms with E-state index in [1.807, 2.05) is 0 Å². The fraction of sp³-hybridized carbons (Fsp3) is 0.429. The van der Waals surface area contributed by atoms with Gasteiger partial charge in [0.1, 0.15) is 5.52 Å². The third-order valence-electron chi connectivity index (χ3n) is 3.18. The lowest BCUT2D eigenvalue weighted by molar-refractivity contribution is -0.205. The zero-order valence-corrected chi connectivity index (χ0v) is 13.3. The molecule has 132 valence electrons.